The zero-order valence-electron chi connectivity index (χ0n) is 85.0. The number of phenols is 1. The topological polar surface area (TPSA) is 399 Å². The highest BCUT2D eigenvalue weighted by Gasteiger charge is 2.65. The van der Waals surface area contributed by atoms with Crippen molar-refractivity contribution in [3.63, 3.8) is 0 Å². The average Bonchev–Trinajstić information content (AvgIpc) is 1.58. The van der Waals surface area contributed by atoms with Crippen molar-refractivity contribution in [3.05, 3.63) is 122 Å². The third kappa shape index (κ3) is 27.1. The van der Waals surface area contributed by atoms with E-state index in [4.69, 9.17) is 42.1 Å². The number of benzene rings is 6. The number of hydrogen-bond donors (Lipinski definition) is 3. The van der Waals surface area contributed by atoms with Gasteiger partial charge in [-0.05, 0) is 215 Å². The molecule has 3 heterocycles. The summed E-state index contributed by atoms with van der Waals surface area (Å²) in [4.78, 5) is 139. The summed E-state index contributed by atoms with van der Waals surface area (Å²) >= 11 is 0. The van der Waals surface area contributed by atoms with E-state index in [0.29, 0.717) is 87.5 Å². The number of ketones is 3. The van der Waals surface area contributed by atoms with E-state index in [1.54, 1.807) is 77.9 Å². The summed E-state index contributed by atoms with van der Waals surface area (Å²) in [7, 11) is -0.530. The molecular weight excluding hydrogens is 1810 g/mol. The maximum Gasteiger partial charge on any atom is 0.362 e. The number of amides is 4. The number of phenolic OH excluding ortho intramolecular Hbond substituents is 1. The van der Waals surface area contributed by atoms with Crippen LogP contribution >= 0.6 is 0 Å². The normalized spacial score (nSPS) is 24.9. The lowest BCUT2D eigenvalue weighted by atomic mass is 9.77. The van der Waals surface area contributed by atoms with E-state index in [9.17, 15) is 69.9 Å². The number of esters is 3. The Morgan fingerprint density at radius 3 is 1.29 bits per heavy atom. The average molecular weight is 1960 g/mol. The second-order valence-corrected chi connectivity index (χ2v) is 46.2. The first-order valence-corrected chi connectivity index (χ1v) is 50.9. The van der Waals surface area contributed by atoms with Crippen LogP contribution in [0.1, 0.15) is 234 Å². The summed E-state index contributed by atoms with van der Waals surface area (Å²) in [5, 5.41) is 19.6. The summed E-state index contributed by atoms with van der Waals surface area (Å²) < 4.78 is 102. The lowest BCUT2D eigenvalue weighted by Gasteiger charge is -2.35. The molecule has 8 aliphatic rings. The van der Waals surface area contributed by atoms with Crippen LogP contribution < -0.4 is 33.5 Å². The van der Waals surface area contributed by atoms with Gasteiger partial charge >= 0.3 is 38.5 Å². The molecule has 4 amide bonds. The number of rotatable bonds is 32. The number of hydrogen-bond acceptors (Lipinski definition) is 25. The zero-order valence-corrected chi connectivity index (χ0v) is 86.7. The molecule has 0 aromatic heterocycles. The highest BCUT2D eigenvalue weighted by Crippen LogP contribution is 2.61. The van der Waals surface area contributed by atoms with Gasteiger partial charge in [0.2, 0.25) is 23.6 Å². The maximum atomic E-state index is 14.6. The van der Waals surface area contributed by atoms with Crippen molar-refractivity contribution in [2.75, 3.05) is 55.2 Å². The van der Waals surface area contributed by atoms with Crippen LogP contribution in [-0.4, -0.2) is 198 Å². The molecule has 8 fully saturated rings. The smallest absolute Gasteiger partial charge is 0.362 e. The SMILES string of the molecule is C=C[C@@H]1C[C@]1(CC(=O)[C@@H]1C[C@H](C)CN1C(=O)[C@@H](C)C(C)(C)C)C(=O)OC.CC1(OS(N)(=O)=O)CC1.CC[C@@H]1C[C@]1(CC(=O)[C@@H]1C[C@@H](Oc2cccc3cc(OC)ccc23)CN1C(=O)[C@@H](C)C(C)(C)C)C(=O)OC.CC[C@@H]1C[C@]1(CC(=O)[C@@H]1C[C@@H](Oc2cccc3cc(OC)ccc23)CN1C(=O)[C@@H](CC(=O)OC(C)(C)C)C(C)(C)C)C(=O)NS(=O)(=O)OC1(C)CC1.COc1ccc2c(O)cccc2c1. The molecule has 0 radical (unpaired) electrons. The first-order valence-electron chi connectivity index (χ1n) is 48.0. The molecular formula is C106H147N5O25S2. The third-order valence-corrected chi connectivity index (χ3v) is 30.6. The predicted octanol–water partition coefficient (Wildman–Crippen LogP) is 16.9. The number of Topliss-reactive ketones (excluding diaryl/α,β-unsaturated/α-hetero) is 3. The monoisotopic (exact) mass is 1950 g/mol. The van der Waals surface area contributed by atoms with Crippen LogP contribution in [-0.2, 0) is 91.1 Å². The van der Waals surface area contributed by atoms with Gasteiger partial charge in [-0.3, -0.25) is 52.1 Å². The molecule has 3 aliphatic heterocycles. The Morgan fingerprint density at radius 1 is 0.514 bits per heavy atom. The largest absolute Gasteiger partial charge is 0.507 e. The molecule has 32 heteroatoms. The molecule has 138 heavy (non-hydrogen) atoms. The van der Waals surface area contributed by atoms with E-state index in [2.05, 4.69) is 27.5 Å². The van der Waals surface area contributed by atoms with Crippen molar-refractivity contribution in [2.45, 2.75) is 281 Å². The van der Waals surface area contributed by atoms with Crippen molar-refractivity contribution in [3.8, 4) is 34.5 Å². The predicted molar refractivity (Wildman–Crippen MR) is 525 cm³/mol. The number of nitrogens with one attached hydrogen (secondary N) is 1. The Hall–Kier alpha value is -10.3. The number of fused-ring (bicyclic) bond motifs is 3. The first-order chi connectivity index (χ1) is 64.2. The Bertz CT molecular complexity index is 5740. The summed E-state index contributed by atoms with van der Waals surface area (Å²) in [6, 6.07) is 31.9. The first kappa shape index (κ1) is 110. The van der Waals surface area contributed by atoms with Gasteiger partial charge in [0, 0.05) is 66.6 Å². The van der Waals surface area contributed by atoms with Gasteiger partial charge in [0.25, 0.3) is 0 Å². The van der Waals surface area contributed by atoms with Gasteiger partial charge < -0.3 is 57.7 Å². The summed E-state index contributed by atoms with van der Waals surface area (Å²) in [6.45, 7) is 41.1. The van der Waals surface area contributed by atoms with Gasteiger partial charge in [-0.2, -0.15) is 16.8 Å². The van der Waals surface area contributed by atoms with Gasteiger partial charge in [0.1, 0.15) is 52.3 Å². The lowest BCUT2D eigenvalue weighted by Crippen LogP contribution is -2.49. The minimum Gasteiger partial charge on any atom is -0.507 e. The van der Waals surface area contributed by atoms with Gasteiger partial charge in [-0.15, -0.1) is 6.58 Å². The number of methoxy groups -OCH3 is 5. The summed E-state index contributed by atoms with van der Waals surface area (Å²) in [5.74, 6) is -0.111. The molecule has 0 bridgehead atoms. The Kier molecular flexibility index (Phi) is 34.2. The minimum absolute atomic E-state index is 0.0182. The van der Waals surface area contributed by atoms with E-state index in [1.165, 1.54) is 19.1 Å². The van der Waals surface area contributed by atoms with E-state index in [0.717, 1.165) is 63.1 Å². The molecule has 14 rings (SSSR count). The number of carbonyl (C=O) groups excluding carboxylic acids is 10. The lowest BCUT2D eigenvalue weighted by molar-refractivity contribution is -0.161. The number of ether oxygens (including phenoxy) is 8. The maximum absolute atomic E-state index is 14.6. The van der Waals surface area contributed by atoms with E-state index >= 15 is 0 Å². The van der Waals surface area contributed by atoms with Gasteiger partial charge in [-0.25, -0.2) is 14.0 Å². The van der Waals surface area contributed by atoms with E-state index < -0.39 is 101 Å². The van der Waals surface area contributed by atoms with Gasteiger partial charge in [-0.1, -0.05) is 152 Å². The van der Waals surface area contributed by atoms with Crippen LogP contribution in [0.2, 0.25) is 0 Å². The molecule has 0 spiro atoms. The molecule has 0 unspecified atom stereocenters. The van der Waals surface area contributed by atoms with Crippen molar-refractivity contribution < 1.29 is 116 Å². The molecule has 3 saturated heterocycles. The molecule has 5 aliphatic carbocycles. The standard InChI is InChI=1S/C39H54N2O10S.C31H41NO6.C21H33NO4.C11H10O2.C4H9NO3S/c1-10-25-21-39(25,35(45)40-52(46,47)51-38(8)16-17-38)22-31(42)30-19-27(49-32-13-11-12-24-18-26(48-9)14-15-28(24)32)23-41(30)34(44)29(36(2,3)4)20-33(43)50-37(5,6)7;1-8-21-16-31(21,29(35)37-7)17-26(33)25-15-23(18-32(25)28(34)19(2)30(3,4)5)38-27-11-9-10-20-14-22(36-6)12-13-24(20)27;1-8-15-10-21(15,19(25)26-7)11-17(23)16-9-13(2)12-22(16)18(24)14(3)20(4,5)6;1-13-9-5-6-10-8(7-9)3-2-4-11(10)12;1-4(2-3-4)8-9(5,6)7/h11-15,18,25,27,29-30H,10,16-17,19-23H2,1-9H3,(H,40,45);9-14,19,21,23,25H,8,15-18H2,1-7H3;8,13-16H,1,9-12H2,2-7H3;2-7,12H,1H3;2-3H2,1H3,(H2,5,6,7)/t25-,27-,29-,30+,39-;19-,21-,23-,25+,31-;13-,14+,15+,16-,21+;;/m110../s1. The van der Waals surface area contributed by atoms with Gasteiger partial charge in [0.15, 0.2) is 17.3 Å². The van der Waals surface area contributed by atoms with Crippen LogP contribution in [0.4, 0.5) is 0 Å². The fraction of sp³-hybridized carbons (Fsp3) is 0.604. The third-order valence-electron chi connectivity index (χ3n) is 28.9. The number of allylic oxidation sites excluding steroid dienone is 1. The molecule has 758 valence electrons. The molecule has 30 nitrogen and oxygen atoms in total. The van der Waals surface area contributed by atoms with E-state index in [-0.39, 0.29) is 138 Å². The quantitative estimate of drug-likeness (QED) is 0.0201. The Labute approximate surface area is 814 Å². The fourth-order valence-corrected chi connectivity index (χ4v) is 20.9. The van der Waals surface area contributed by atoms with Crippen molar-refractivity contribution in [1.29, 1.82) is 0 Å². The number of nitrogens with two attached hydrogens (primary N) is 1. The zero-order chi connectivity index (χ0) is 103. The Balaban J connectivity index is 0.000000198. The highest BCUT2D eigenvalue weighted by molar-refractivity contribution is 7.85. The van der Waals surface area contributed by atoms with Crippen molar-refractivity contribution in [2.24, 2.45) is 79.1 Å². The number of carbonyl (C=O) groups is 10. The summed E-state index contributed by atoms with van der Waals surface area (Å²) in [6.07, 6.45) is 7.42. The number of likely N-dealkylation sites (tertiary alicyclic amines) is 3. The van der Waals surface area contributed by atoms with Gasteiger partial charge in [0.05, 0.1) is 107 Å². The molecule has 6 aromatic rings. The molecule has 15 atom stereocenters. The molecule has 6 aromatic carbocycles. The van der Waals surface area contributed by atoms with Crippen molar-refractivity contribution >= 4 is 112 Å². The second kappa shape index (κ2) is 43.0. The van der Waals surface area contributed by atoms with Crippen molar-refractivity contribution in [1.82, 2.24) is 19.4 Å². The van der Waals surface area contributed by atoms with Crippen LogP contribution in [0.3, 0.4) is 0 Å². The van der Waals surface area contributed by atoms with Crippen LogP contribution in [0.25, 0.3) is 32.3 Å². The molecule has 5 saturated carbocycles. The summed E-state index contributed by atoms with van der Waals surface area (Å²) in [5.41, 5.74) is -5.94. The fourth-order valence-electron chi connectivity index (χ4n) is 19.0. The number of aromatic hydroxyl groups is 1. The Morgan fingerprint density at radius 2 is 0.906 bits per heavy atom. The van der Waals surface area contributed by atoms with Crippen LogP contribution in [0.5, 0.6) is 34.5 Å². The second-order valence-electron chi connectivity index (χ2n) is 43.7. The van der Waals surface area contributed by atoms with E-state index in [1.807, 2.05) is 193 Å². The minimum atomic E-state index is -4.40. The highest BCUT2D eigenvalue weighted by atomic mass is 32.2. The molecule has 4 N–H and O–H groups in total. The van der Waals surface area contributed by atoms with Crippen LogP contribution in [0.15, 0.2) is 122 Å². The number of nitrogens with zero attached hydrogens (tertiary/aromatic N) is 3. The van der Waals surface area contributed by atoms with Crippen LogP contribution in [0, 0.1) is 73.9 Å².